The molecule has 170 valence electrons. The van der Waals surface area contributed by atoms with Crippen LogP contribution in [0.5, 0.6) is 17.2 Å². The first-order valence-electron chi connectivity index (χ1n) is 9.43. The molecule has 11 nitrogen and oxygen atoms in total. The molecule has 0 radical (unpaired) electrons. The normalized spacial score (nSPS) is 10.6. The average molecular weight is 444 g/mol. The van der Waals surface area contributed by atoms with Gasteiger partial charge in [0.2, 0.25) is 11.9 Å². The second-order valence-corrected chi connectivity index (χ2v) is 6.06. The Kier molecular flexibility index (Phi) is 8.84. The van der Waals surface area contributed by atoms with Crippen LogP contribution in [0.1, 0.15) is 13.3 Å². The number of aliphatic imine (C=N–C) groups is 1. The van der Waals surface area contributed by atoms with Crippen molar-refractivity contribution in [1.29, 1.82) is 0 Å². The van der Waals surface area contributed by atoms with Gasteiger partial charge >= 0.3 is 12.2 Å². The van der Waals surface area contributed by atoms with Gasteiger partial charge in [0, 0.05) is 12.5 Å². The number of benzene rings is 2. The molecule has 0 saturated heterocycles. The molecule has 0 aliphatic rings. The molecule has 0 aliphatic carbocycles. The third-order valence-electron chi connectivity index (χ3n) is 3.92. The molecule has 11 heteroatoms. The third-order valence-corrected chi connectivity index (χ3v) is 3.92. The van der Waals surface area contributed by atoms with E-state index in [1.807, 2.05) is 0 Å². The van der Waals surface area contributed by atoms with Gasteiger partial charge in [0.15, 0.2) is 0 Å². The molecule has 0 unspecified atom stereocenters. The summed E-state index contributed by atoms with van der Waals surface area (Å²) in [5.74, 6) is 1.14. The van der Waals surface area contributed by atoms with Gasteiger partial charge in [0.05, 0.1) is 32.7 Å². The maximum Gasteiger partial charge on any atom is 0.436 e. The van der Waals surface area contributed by atoms with Crippen molar-refractivity contribution in [1.82, 2.24) is 5.32 Å². The molecular formula is C21H24N4O7. The van der Waals surface area contributed by atoms with Crippen molar-refractivity contribution in [3.05, 3.63) is 42.5 Å². The van der Waals surface area contributed by atoms with E-state index in [1.54, 1.807) is 56.5 Å². The van der Waals surface area contributed by atoms with Crippen LogP contribution in [-0.2, 0) is 14.3 Å². The summed E-state index contributed by atoms with van der Waals surface area (Å²) in [7, 11) is 3.86. The van der Waals surface area contributed by atoms with E-state index >= 15 is 0 Å². The molecule has 0 heterocycles. The van der Waals surface area contributed by atoms with Gasteiger partial charge in [-0.25, -0.2) is 9.59 Å². The minimum atomic E-state index is -0.956. The lowest BCUT2D eigenvalue weighted by Gasteiger charge is -2.16. The molecule has 2 rings (SSSR count). The molecule has 32 heavy (non-hydrogen) atoms. The molecule has 0 aromatic heterocycles. The number of carbonyl (C=O) groups is 3. The van der Waals surface area contributed by atoms with Crippen LogP contribution in [-0.4, -0.2) is 45.4 Å². The van der Waals surface area contributed by atoms with Crippen LogP contribution in [0.4, 0.5) is 21.0 Å². The monoisotopic (exact) mass is 444 g/mol. The number of hydrogen-bond acceptors (Lipinski definition) is 7. The summed E-state index contributed by atoms with van der Waals surface area (Å²) in [6, 6.07) is 11.7. The number of alkyl carbamates (subject to hydrolysis) is 1. The fourth-order valence-electron chi connectivity index (χ4n) is 2.32. The lowest BCUT2D eigenvalue weighted by atomic mass is 10.2. The average Bonchev–Trinajstić information content (AvgIpc) is 2.80. The maximum absolute atomic E-state index is 12.0. The van der Waals surface area contributed by atoms with Crippen molar-refractivity contribution in [3.8, 4) is 17.2 Å². The molecule has 0 bridgehead atoms. The molecule has 3 amide bonds. The zero-order valence-electron chi connectivity index (χ0n) is 18.1. The Morgan fingerprint density at radius 3 is 2.09 bits per heavy atom. The minimum absolute atomic E-state index is 0.229. The zero-order chi connectivity index (χ0) is 23.5. The number of methoxy groups -OCH3 is 3. The van der Waals surface area contributed by atoms with Gasteiger partial charge in [0.25, 0.3) is 0 Å². The van der Waals surface area contributed by atoms with Crippen molar-refractivity contribution >= 4 is 35.4 Å². The number of guanidine groups is 1. The van der Waals surface area contributed by atoms with Gasteiger partial charge in [-0.3, -0.25) is 10.1 Å². The van der Waals surface area contributed by atoms with Crippen LogP contribution < -0.4 is 25.4 Å². The van der Waals surface area contributed by atoms with Crippen molar-refractivity contribution in [2.24, 2.45) is 4.99 Å². The van der Waals surface area contributed by atoms with Crippen LogP contribution in [0.15, 0.2) is 47.5 Å². The zero-order valence-corrected chi connectivity index (χ0v) is 18.1. The van der Waals surface area contributed by atoms with E-state index in [2.05, 4.69) is 30.4 Å². The first-order chi connectivity index (χ1) is 15.4. The number of anilines is 2. The summed E-state index contributed by atoms with van der Waals surface area (Å²) >= 11 is 0. The quantitative estimate of drug-likeness (QED) is 0.453. The van der Waals surface area contributed by atoms with Gasteiger partial charge in [-0.2, -0.15) is 0 Å². The van der Waals surface area contributed by atoms with E-state index in [-0.39, 0.29) is 18.3 Å². The van der Waals surface area contributed by atoms with Gasteiger partial charge in [-0.05, 0) is 36.4 Å². The van der Waals surface area contributed by atoms with Crippen LogP contribution in [0.2, 0.25) is 0 Å². The lowest BCUT2D eigenvalue weighted by Crippen LogP contribution is -2.36. The SMILES string of the molecule is CCC(=O)Nc1cc(Oc2ccc(OC)cc2)ccc1NC(=NC(=O)OC)NC(=O)OC. The molecule has 0 saturated carbocycles. The Bertz CT molecular complexity index is 990. The highest BCUT2D eigenvalue weighted by Crippen LogP contribution is 2.31. The number of hydrogen-bond donors (Lipinski definition) is 3. The standard InChI is InChI=1S/C21H24N4O7/c1-5-18(26)22-17-12-15(32-14-8-6-13(29-2)7-9-14)10-11-16(17)23-19(24-20(27)30-3)25-21(28)31-4/h6-12H,5H2,1-4H3,(H,22,26)(H2,23,24,25,27,28). The highest BCUT2D eigenvalue weighted by Gasteiger charge is 2.14. The smallest absolute Gasteiger partial charge is 0.436 e. The van der Waals surface area contributed by atoms with E-state index in [4.69, 9.17) is 9.47 Å². The minimum Gasteiger partial charge on any atom is -0.497 e. The lowest BCUT2D eigenvalue weighted by molar-refractivity contribution is -0.115. The molecule has 0 fully saturated rings. The summed E-state index contributed by atoms with van der Waals surface area (Å²) in [6.07, 6.45) is -1.59. The molecule has 0 atom stereocenters. The van der Waals surface area contributed by atoms with E-state index < -0.39 is 12.2 Å². The third kappa shape index (κ3) is 7.20. The largest absolute Gasteiger partial charge is 0.497 e. The van der Waals surface area contributed by atoms with Crippen LogP contribution in [0, 0.1) is 0 Å². The molecule has 3 N–H and O–H groups in total. The fraction of sp³-hybridized carbons (Fsp3) is 0.238. The first-order valence-corrected chi connectivity index (χ1v) is 9.43. The van der Waals surface area contributed by atoms with E-state index in [0.29, 0.717) is 28.6 Å². The fourth-order valence-corrected chi connectivity index (χ4v) is 2.32. The second-order valence-electron chi connectivity index (χ2n) is 6.06. The Hall–Kier alpha value is -4.28. The number of amides is 3. The molecule has 0 spiro atoms. The van der Waals surface area contributed by atoms with E-state index in [0.717, 1.165) is 14.2 Å². The molecule has 2 aromatic rings. The Morgan fingerprint density at radius 1 is 0.844 bits per heavy atom. The van der Waals surface area contributed by atoms with Gasteiger partial charge in [-0.15, -0.1) is 4.99 Å². The molecular weight excluding hydrogens is 420 g/mol. The summed E-state index contributed by atoms with van der Waals surface area (Å²) in [5.41, 5.74) is 0.653. The Morgan fingerprint density at radius 2 is 1.50 bits per heavy atom. The van der Waals surface area contributed by atoms with Crippen LogP contribution >= 0.6 is 0 Å². The van der Waals surface area contributed by atoms with Gasteiger partial charge in [0.1, 0.15) is 17.2 Å². The first kappa shape index (κ1) is 24.0. The van der Waals surface area contributed by atoms with E-state index in [9.17, 15) is 14.4 Å². The highest BCUT2D eigenvalue weighted by atomic mass is 16.5. The van der Waals surface area contributed by atoms with Gasteiger partial charge in [-0.1, -0.05) is 6.92 Å². The van der Waals surface area contributed by atoms with E-state index in [1.165, 1.54) is 0 Å². The van der Waals surface area contributed by atoms with Crippen molar-refractivity contribution in [3.63, 3.8) is 0 Å². The summed E-state index contributed by atoms with van der Waals surface area (Å²) < 4.78 is 20.0. The summed E-state index contributed by atoms with van der Waals surface area (Å²) in [6.45, 7) is 1.70. The van der Waals surface area contributed by atoms with Crippen molar-refractivity contribution < 1.29 is 33.3 Å². The second kappa shape index (κ2) is 11.8. The number of carbonyl (C=O) groups excluding carboxylic acids is 3. The number of nitrogens with one attached hydrogen (secondary N) is 3. The maximum atomic E-state index is 12.0. The predicted octanol–water partition coefficient (Wildman–Crippen LogP) is 3.73. The van der Waals surface area contributed by atoms with Crippen molar-refractivity contribution in [2.45, 2.75) is 13.3 Å². The van der Waals surface area contributed by atoms with Crippen LogP contribution in [0.3, 0.4) is 0 Å². The molecule has 0 aliphatic heterocycles. The van der Waals surface area contributed by atoms with Crippen LogP contribution in [0.25, 0.3) is 0 Å². The number of rotatable bonds is 6. The highest BCUT2D eigenvalue weighted by molar-refractivity contribution is 6.08. The van der Waals surface area contributed by atoms with Gasteiger partial charge < -0.3 is 29.6 Å². The Labute approximate surface area is 184 Å². The Balaban J connectivity index is 2.34. The molecule has 2 aromatic carbocycles. The summed E-state index contributed by atoms with van der Waals surface area (Å²) in [4.78, 5) is 38.8. The topological polar surface area (TPSA) is 137 Å². The summed E-state index contributed by atoms with van der Waals surface area (Å²) in [5, 5.41) is 7.75. The number of nitrogens with zero attached hydrogens (tertiary/aromatic N) is 1. The number of ether oxygens (including phenoxy) is 4. The predicted molar refractivity (Wildman–Crippen MR) is 117 cm³/mol. The van der Waals surface area contributed by atoms with Crippen molar-refractivity contribution in [2.75, 3.05) is 32.0 Å².